The maximum Gasteiger partial charge on any atom is 0.205 e. The fourth-order valence-electron chi connectivity index (χ4n) is 1.55. The third kappa shape index (κ3) is 4.98. The molecule has 0 amide bonds. The molecule has 0 aliphatic rings. The first kappa shape index (κ1) is 14.9. The summed E-state index contributed by atoms with van der Waals surface area (Å²) in [6.07, 6.45) is 1.08. The number of hydrogen-bond donors (Lipinski definition) is 1. The zero-order valence-corrected chi connectivity index (χ0v) is 12.1. The van der Waals surface area contributed by atoms with Gasteiger partial charge in [0.1, 0.15) is 5.01 Å². The van der Waals surface area contributed by atoms with Crippen LogP contribution >= 0.6 is 11.3 Å². The van der Waals surface area contributed by atoms with Gasteiger partial charge in [-0.1, -0.05) is 25.2 Å². The van der Waals surface area contributed by atoms with Crippen molar-refractivity contribution in [2.24, 2.45) is 5.92 Å². The Morgan fingerprint density at radius 2 is 2.22 bits per heavy atom. The summed E-state index contributed by atoms with van der Waals surface area (Å²) in [6.45, 7) is 9.56. The van der Waals surface area contributed by atoms with Crippen LogP contribution in [0.25, 0.3) is 0 Å². The van der Waals surface area contributed by atoms with Gasteiger partial charge in [0.15, 0.2) is 0 Å². The lowest BCUT2D eigenvalue weighted by Crippen LogP contribution is -2.27. The van der Waals surface area contributed by atoms with Crippen LogP contribution in [-0.4, -0.2) is 34.7 Å². The van der Waals surface area contributed by atoms with Gasteiger partial charge in [0.05, 0.1) is 18.5 Å². The Morgan fingerprint density at radius 3 is 2.83 bits per heavy atom. The van der Waals surface area contributed by atoms with Gasteiger partial charge >= 0.3 is 0 Å². The van der Waals surface area contributed by atoms with E-state index in [9.17, 15) is 0 Å². The zero-order chi connectivity index (χ0) is 13.4. The van der Waals surface area contributed by atoms with E-state index < -0.39 is 0 Å². The molecule has 0 aliphatic carbocycles. The van der Waals surface area contributed by atoms with Crippen molar-refractivity contribution in [2.75, 3.05) is 25.0 Å². The SMILES string of the molecule is CCCNc1nnc(CN(CC)CC(C)C#N)s1. The third-order valence-corrected chi connectivity index (χ3v) is 3.42. The second-order valence-electron chi connectivity index (χ2n) is 4.29. The molecule has 6 heteroatoms. The molecule has 0 saturated heterocycles. The molecule has 1 rings (SSSR count). The van der Waals surface area contributed by atoms with Gasteiger partial charge in [0.25, 0.3) is 0 Å². The minimum absolute atomic E-state index is 0.0514. The molecule has 1 aromatic rings. The minimum atomic E-state index is 0.0514. The zero-order valence-electron chi connectivity index (χ0n) is 11.3. The first-order chi connectivity index (χ1) is 8.69. The number of nitrogens with one attached hydrogen (secondary N) is 1. The first-order valence-corrected chi connectivity index (χ1v) is 7.19. The average Bonchev–Trinajstić information content (AvgIpc) is 2.82. The topological polar surface area (TPSA) is 64.8 Å². The number of rotatable bonds is 8. The van der Waals surface area contributed by atoms with Gasteiger partial charge < -0.3 is 5.32 Å². The minimum Gasteiger partial charge on any atom is -0.360 e. The number of nitrogens with zero attached hydrogens (tertiary/aromatic N) is 4. The van der Waals surface area contributed by atoms with Gasteiger partial charge in [0, 0.05) is 13.1 Å². The normalized spacial score (nSPS) is 12.4. The highest BCUT2D eigenvalue weighted by Crippen LogP contribution is 2.17. The Balaban J connectivity index is 2.49. The Morgan fingerprint density at radius 1 is 1.44 bits per heavy atom. The summed E-state index contributed by atoms with van der Waals surface area (Å²) in [5.41, 5.74) is 0. The fraction of sp³-hybridized carbons (Fsp3) is 0.750. The molecule has 0 aromatic carbocycles. The van der Waals surface area contributed by atoms with Crippen molar-refractivity contribution < 1.29 is 0 Å². The van der Waals surface area contributed by atoms with Crippen molar-refractivity contribution >= 4 is 16.5 Å². The van der Waals surface area contributed by atoms with E-state index >= 15 is 0 Å². The van der Waals surface area contributed by atoms with Crippen molar-refractivity contribution in [3.63, 3.8) is 0 Å². The van der Waals surface area contributed by atoms with Crippen molar-refractivity contribution in [3.8, 4) is 6.07 Å². The van der Waals surface area contributed by atoms with Crippen LogP contribution in [0.3, 0.4) is 0 Å². The quantitative estimate of drug-likeness (QED) is 0.783. The fourth-order valence-corrected chi connectivity index (χ4v) is 2.35. The maximum atomic E-state index is 8.83. The van der Waals surface area contributed by atoms with E-state index in [1.807, 2.05) is 6.92 Å². The number of anilines is 1. The van der Waals surface area contributed by atoms with Crippen LogP contribution in [0.2, 0.25) is 0 Å². The Bertz CT molecular complexity index is 384. The summed E-state index contributed by atoms with van der Waals surface area (Å²) >= 11 is 1.59. The summed E-state index contributed by atoms with van der Waals surface area (Å²) in [5, 5.41) is 22.2. The van der Waals surface area contributed by atoms with E-state index in [0.717, 1.165) is 42.7 Å². The summed E-state index contributed by atoms with van der Waals surface area (Å²) in [6, 6.07) is 2.26. The second-order valence-corrected chi connectivity index (χ2v) is 5.35. The monoisotopic (exact) mass is 267 g/mol. The van der Waals surface area contributed by atoms with Crippen LogP contribution < -0.4 is 5.32 Å². The van der Waals surface area contributed by atoms with E-state index in [1.54, 1.807) is 11.3 Å². The second kappa shape index (κ2) is 8.01. The van der Waals surface area contributed by atoms with Crippen LogP contribution in [0, 0.1) is 17.2 Å². The third-order valence-electron chi connectivity index (χ3n) is 2.55. The highest BCUT2D eigenvalue weighted by molar-refractivity contribution is 7.15. The molecule has 0 radical (unpaired) electrons. The lowest BCUT2D eigenvalue weighted by atomic mass is 10.2. The van der Waals surface area contributed by atoms with Crippen LogP contribution in [0.4, 0.5) is 5.13 Å². The summed E-state index contributed by atoms with van der Waals surface area (Å²) < 4.78 is 0. The van der Waals surface area contributed by atoms with Gasteiger partial charge in [-0.15, -0.1) is 10.2 Å². The van der Waals surface area contributed by atoms with E-state index in [4.69, 9.17) is 5.26 Å². The van der Waals surface area contributed by atoms with Crippen LogP contribution in [0.1, 0.15) is 32.2 Å². The molecule has 5 nitrogen and oxygen atoms in total. The Labute approximate surface area is 113 Å². The summed E-state index contributed by atoms with van der Waals surface area (Å²) in [4.78, 5) is 2.22. The van der Waals surface area contributed by atoms with E-state index in [1.165, 1.54) is 0 Å². The smallest absolute Gasteiger partial charge is 0.205 e. The highest BCUT2D eigenvalue weighted by atomic mass is 32.1. The van der Waals surface area contributed by atoms with Gasteiger partial charge in [-0.3, -0.25) is 4.90 Å². The predicted octanol–water partition coefficient (Wildman–Crippen LogP) is 2.34. The molecule has 0 aliphatic heterocycles. The lowest BCUT2D eigenvalue weighted by Gasteiger charge is -2.19. The highest BCUT2D eigenvalue weighted by Gasteiger charge is 2.11. The predicted molar refractivity (Wildman–Crippen MR) is 74.4 cm³/mol. The summed E-state index contributed by atoms with van der Waals surface area (Å²) in [7, 11) is 0. The van der Waals surface area contributed by atoms with E-state index in [-0.39, 0.29) is 5.92 Å². The molecule has 1 N–H and O–H groups in total. The van der Waals surface area contributed by atoms with Crippen molar-refractivity contribution in [1.29, 1.82) is 5.26 Å². The Hall–Kier alpha value is -1.19. The molecule has 0 fully saturated rings. The number of aromatic nitrogens is 2. The van der Waals surface area contributed by atoms with E-state index in [2.05, 4.69) is 40.3 Å². The van der Waals surface area contributed by atoms with Crippen molar-refractivity contribution in [2.45, 2.75) is 33.7 Å². The summed E-state index contributed by atoms with van der Waals surface area (Å²) in [5.74, 6) is 0.0514. The largest absolute Gasteiger partial charge is 0.360 e. The molecule has 1 unspecified atom stereocenters. The van der Waals surface area contributed by atoms with Gasteiger partial charge in [-0.25, -0.2) is 0 Å². The van der Waals surface area contributed by atoms with Gasteiger partial charge in [-0.05, 0) is 19.9 Å². The van der Waals surface area contributed by atoms with Crippen LogP contribution in [-0.2, 0) is 6.54 Å². The van der Waals surface area contributed by atoms with Gasteiger partial charge in [0.2, 0.25) is 5.13 Å². The number of hydrogen-bond acceptors (Lipinski definition) is 6. The molecule has 1 heterocycles. The van der Waals surface area contributed by atoms with Gasteiger partial charge in [-0.2, -0.15) is 5.26 Å². The molecule has 0 saturated carbocycles. The number of nitriles is 1. The van der Waals surface area contributed by atoms with Crippen molar-refractivity contribution in [3.05, 3.63) is 5.01 Å². The molecular formula is C12H21N5S. The standard InChI is InChI=1S/C12H21N5S/c1-4-6-14-12-16-15-11(18-12)9-17(5-2)8-10(3)7-13/h10H,4-6,8-9H2,1-3H3,(H,14,16). The molecule has 1 aromatic heterocycles. The molecule has 100 valence electrons. The molecule has 0 spiro atoms. The molecular weight excluding hydrogens is 246 g/mol. The molecule has 18 heavy (non-hydrogen) atoms. The van der Waals surface area contributed by atoms with Crippen LogP contribution in [0.15, 0.2) is 0 Å². The lowest BCUT2D eigenvalue weighted by molar-refractivity contribution is 0.259. The Kier molecular flexibility index (Phi) is 6.61. The van der Waals surface area contributed by atoms with Crippen LogP contribution in [0.5, 0.6) is 0 Å². The first-order valence-electron chi connectivity index (χ1n) is 6.37. The maximum absolute atomic E-state index is 8.83. The molecule has 0 bridgehead atoms. The van der Waals surface area contributed by atoms with Crippen molar-refractivity contribution in [1.82, 2.24) is 15.1 Å². The molecule has 1 atom stereocenters. The average molecular weight is 267 g/mol. The van der Waals surface area contributed by atoms with E-state index in [0.29, 0.717) is 0 Å².